The summed E-state index contributed by atoms with van der Waals surface area (Å²) in [5.41, 5.74) is 0. The standard InChI is InChI=1S/C12H22N2O/c1-9-5-3-4-6-11(9)8-14-10(2)13-7-12(14)15/h9-11,13H,3-8H2,1-2H3. The Morgan fingerprint density at radius 3 is 2.67 bits per heavy atom. The molecule has 3 nitrogen and oxygen atoms in total. The van der Waals surface area contributed by atoms with Crippen LogP contribution in [0.5, 0.6) is 0 Å². The van der Waals surface area contributed by atoms with Crippen LogP contribution in [0.15, 0.2) is 0 Å². The topological polar surface area (TPSA) is 32.3 Å². The summed E-state index contributed by atoms with van der Waals surface area (Å²) in [4.78, 5) is 13.6. The number of carbonyl (C=O) groups excluding carboxylic acids is 1. The molecule has 0 spiro atoms. The summed E-state index contributed by atoms with van der Waals surface area (Å²) in [6, 6.07) is 0. The number of carbonyl (C=O) groups is 1. The van der Waals surface area contributed by atoms with Crippen LogP contribution in [-0.2, 0) is 4.79 Å². The van der Waals surface area contributed by atoms with Crippen molar-refractivity contribution < 1.29 is 4.79 Å². The Morgan fingerprint density at radius 1 is 1.33 bits per heavy atom. The van der Waals surface area contributed by atoms with Crippen LogP contribution in [0.4, 0.5) is 0 Å². The first-order chi connectivity index (χ1) is 7.18. The predicted octanol–water partition coefficient (Wildman–Crippen LogP) is 1.59. The second kappa shape index (κ2) is 4.52. The van der Waals surface area contributed by atoms with Crippen LogP contribution < -0.4 is 5.32 Å². The van der Waals surface area contributed by atoms with Gasteiger partial charge in [0.1, 0.15) is 0 Å². The number of amides is 1. The van der Waals surface area contributed by atoms with Crippen LogP contribution in [0.25, 0.3) is 0 Å². The molecule has 1 saturated carbocycles. The van der Waals surface area contributed by atoms with Crippen LogP contribution in [0.1, 0.15) is 39.5 Å². The molecule has 3 heteroatoms. The Bertz CT molecular complexity index is 242. The Balaban J connectivity index is 1.92. The Morgan fingerprint density at radius 2 is 2.07 bits per heavy atom. The Hall–Kier alpha value is -0.570. The number of rotatable bonds is 2. The van der Waals surface area contributed by atoms with Gasteiger partial charge in [-0.1, -0.05) is 26.2 Å². The molecule has 1 aliphatic heterocycles. The monoisotopic (exact) mass is 210 g/mol. The maximum atomic E-state index is 11.6. The van der Waals surface area contributed by atoms with Crippen LogP contribution in [0, 0.1) is 11.8 Å². The molecule has 1 amide bonds. The molecule has 2 rings (SSSR count). The van der Waals surface area contributed by atoms with Gasteiger partial charge in [0.2, 0.25) is 5.91 Å². The quantitative estimate of drug-likeness (QED) is 0.750. The zero-order valence-corrected chi connectivity index (χ0v) is 9.83. The van der Waals surface area contributed by atoms with Gasteiger partial charge in [-0.25, -0.2) is 0 Å². The lowest BCUT2D eigenvalue weighted by Gasteiger charge is -2.33. The molecule has 15 heavy (non-hydrogen) atoms. The Labute approximate surface area is 92.2 Å². The zero-order chi connectivity index (χ0) is 10.8. The fraction of sp³-hybridized carbons (Fsp3) is 0.917. The SMILES string of the molecule is CC1CCCCC1CN1C(=O)CNC1C. The normalized spacial score (nSPS) is 37.3. The van der Waals surface area contributed by atoms with E-state index in [1.807, 2.05) is 4.90 Å². The molecule has 0 aromatic rings. The van der Waals surface area contributed by atoms with Crippen molar-refractivity contribution in [1.29, 1.82) is 0 Å². The lowest BCUT2D eigenvalue weighted by molar-refractivity contribution is -0.128. The molecule has 1 aliphatic carbocycles. The highest BCUT2D eigenvalue weighted by molar-refractivity contribution is 5.80. The second-order valence-electron chi connectivity index (χ2n) is 5.12. The summed E-state index contributed by atoms with van der Waals surface area (Å²) in [5.74, 6) is 1.80. The fourth-order valence-corrected chi connectivity index (χ4v) is 2.84. The van der Waals surface area contributed by atoms with Crippen molar-refractivity contribution in [2.75, 3.05) is 13.1 Å². The molecule has 3 atom stereocenters. The van der Waals surface area contributed by atoms with Crippen LogP contribution in [0.2, 0.25) is 0 Å². The van der Waals surface area contributed by atoms with Crippen molar-refractivity contribution in [3.05, 3.63) is 0 Å². The van der Waals surface area contributed by atoms with Gasteiger partial charge in [-0.15, -0.1) is 0 Å². The first kappa shape index (κ1) is 10.9. The highest BCUT2D eigenvalue weighted by Gasteiger charge is 2.31. The largest absolute Gasteiger partial charge is 0.326 e. The minimum absolute atomic E-state index is 0.242. The summed E-state index contributed by atoms with van der Waals surface area (Å²) in [6.07, 6.45) is 5.61. The molecular weight excluding hydrogens is 188 g/mol. The first-order valence-electron chi connectivity index (χ1n) is 6.21. The predicted molar refractivity (Wildman–Crippen MR) is 60.3 cm³/mol. The maximum Gasteiger partial charge on any atom is 0.237 e. The number of nitrogens with one attached hydrogen (secondary N) is 1. The first-order valence-corrected chi connectivity index (χ1v) is 6.21. The van der Waals surface area contributed by atoms with Gasteiger partial charge in [-0.3, -0.25) is 10.1 Å². The summed E-state index contributed by atoms with van der Waals surface area (Å²) in [5, 5.41) is 3.20. The Kier molecular flexibility index (Phi) is 3.29. The average Bonchev–Trinajstić information content (AvgIpc) is 2.53. The second-order valence-corrected chi connectivity index (χ2v) is 5.12. The van der Waals surface area contributed by atoms with Crippen molar-refractivity contribution in [2.45, 2.75) is 45.7 Å². The average molecular weight is 210 g/mol. The molecule has 2 aliphatic rings. The van der Waals surface area contributed by atoms with Gasteiger partial charge in [0.05, 0.1) is 12.7 Å². The molecule has 1 heterocycles. The van der Waals surface area contributed by atoms with Crippen molar-refractivity contribution >= 4 is 5.91 Å². The fourth-order valence-electron chi connectivity index (χ4n) is 2.84. The van der Waals surface area contributed by atoms with E-state index in [-0.39, 0.29) is 12.1 Å². The van der Waals surface area contributed by atoms with E-state index in [0.717, 1.165) is 18.4 Å². The summed E-state index contributed by atoms with van der Waals surface area (Å²) < 4.78 is 0. The van der Waals surface area contributed by atoms with Crippen molar-refractivity contribution in [2.24, 2.45) is 11.8 Å². The van der Waals surface area contributed by atoms with Gasteiger partial charge in [0.15, 0.2) is 0 Å². The summed E-state index contributed by atoms with van der Waals surface area (Å²) >= 11 is 0. The summed E-state index contributed by atoms with van der Waals surface area (Å²) in [6.45, 7) is 5.91. The third-order valence-electron chi connectivity index (χ3n) is 4.06. The molecule has 0 bridgehead atoms. The molecule has 86 valence electrons. The van der Waals surface area contributed by atoms with Crippen molar-refractivity contribution in [1.82, 2.24) is 10.2 Å². The molecule has 2 fully saturated rings. The number of hydrogen-bond acceptors (Lipinski definition) is 2. The molecule has 0 aromatic heterocycles. The van der Waals surface area contributed by atoms with E-state index in [0.29, 0.717) is 6.54 Å². The van der Waals surface area contributed by atoms with Crippen LogP contribution in [-0.4, -0.2) is 30.1 Å². The molecule has 0 radical (unpaired) electrons. The van der Waals surface area contributed by atoms with Crippen LogP contribution in [0.3, 0.4) is 0 Å². The van der Waals surface area contributed by atoms with E-state index in [2.05, 4.69) is 19.2 Å². The molecule has 0 aromatic carbocycles. The number of hydrogen-bond donors (Lipinski definition) is 1. The number of nitrogens with zero attached hydrogens (tertiary/aromatic N) is 1. The van der Waals surface area contributed by atoms with Gasteiger partial charge in [0.25, 0.3) is 0 Å². The third-order valence-corrected chi connectivity index (χ3v) is 4.06. The highest BCUT2D eigenvalue weighted by Crippen LogP contribution is 2.30. The third kappa shape index (κ3) is 2.33. The van der Waals surface area contributed by atoms with Crippen molar-refractivity contribution in [3.8, 4) is 0 Å². The lowest BCUT2D eigenvalue weighted by atomic mass is 9.80. The van der Waals surface area contributed by atoms with Gasteiger partial charge < -0.3 is 4.90 Å². The van der Waals surface area contributed by atoms with E-state index in [1.165, 1.54) is 25.7 Å². The van der Waals surface area contributed by atoms with Crippen LogP contribution >= 0.6 is 0 Å². The van der Waals surface area contributed by atoms with Gasteiger partial charge in [0, 0.05) is 6.54 Å². The van der Waals surface area contributed by atoms with E-state index >= 15 is 0 Å². The lowest BCUT2D eigenvalue weighted by Crippen LogP contribution is -2.40. The van der Waals surface area contributed by atoms with Gasteiger partial charge in [-0.2, -0.15) is 0 Å². The molecule has 3 unspecified atom stereocenters. The van der Waals surface area contributed by atoms with E-state index in [9.17, 15) is 4.79 Å². The smallest absolute Gasteiger partial charge is 0.237 e. The van der Waals surface area contributed by atoms with E-state index in [4.69, 9.17) is 0 Å². The molecule has 1 saturated heterocycles. The minimum atomic E-state index is 0.242. The van der Waals surface area contributed by atoms with Gasteiger partial charge in [-0.05, 0) is 25.2 Å². The van der Waals surface area contributed by atoms with E-state index < -0.39 is 0 Å². The van der Waals surface area contributed by atoms with E-state index in [1.54, 1.807) is 0 Å². The van der Waals surface area contributed by atoms with Crippen molar-refractivity contribution in [3.63, 3.8) is 0 Å². The highest BCUT2D eigenvalue weighted by atomic mass is 16.2. The molecule has 1 N–H and O–H groups in total. The summed E-state index contributed by atoms with van der Waals surface area (Å²) in [7, 11) is 0. The maximum absolute atomic E-state index is 11.6. The minimum Gasteiger partial charge on any atom is -0.326 e. The molecular formula is C12H22N2O. The van der Waals surface area contributed by atoms with Gasteiger partial charge >= 0.3 is 0 Å². The zero-order valence-electron chi connectivity index (χ0n) is 9.83.